The van der Waals surface area contributed by atoms with Crippen molar-refractivity contribution in [1.29, 1.82) is 0 Å². The largest absolute Gasteiger partial charge is 0.320 e. The van der Waals surface area contributed by atoms with Crippen molar-refractivity contribution in [2.45, 2.75) is 6.92 Å². The monoisotopic (exact) mass is 296 g/mol. The Kier molecular flexibility index (Phi) is 3.59. The topological polar surface area (TPSA) is 42.0 Å². The maximum absolute atomic E-state index is 12.3. The molecule has 1 amide bonds. The van der Waals surface area contributed by atoms with Crippen LogP contribution in [0.4, 0.5) is 5.69 Å². The van der Waals surface area contributed by atoms with Crippen LogP contribution >= 0.6 is 11.6 Å². The van der Waals surface area contributed by atoms with Gasteiger partial charge >= 0.3 is 0 Å². The number of nitrogens with one attached hydrogen (secondary N) is 1. The summed E-state index contributed by atoms with van der Waals surface area (Å²) in [7, 11) is 0. The van der Waals surface area contributed by atoms with Crippen molar-refractivity contribution in [3.63, 3.8) is 0 Å². The van der Waals surface area contributed by atoms with Crippen molar-refractivity contribution in [3.8, 4) is 0 Å². The van der Waals surface area contributed by atoms with Crippen LogP contribution in [0.15, 0.2) is 54.6 Å². The molecule has 1 N–H and O–H groups in total. The maximum atomic E-state index is 12.3. The van der Waals surface area contributed by atoms with E-state index >= 15 is 0 Å². The van der Waals surface area contributed by atoms with Gasteiger partial charge < -0.3 is 5.32 Å². The van der Waals surface area contributed by atoms with Gasteiger partial charge in [0.1, 0.15) is 0 Å². The Morgan fingerprint density at radius 2 is 1.86 bits per heavy atom. The Morgan fingerprint density at radius 3 is 2.62 bits per heavy atom. The molecule has 0 aliphatic heterocycles. The fourth-order valence-electron chi connectivity index (χ4n) is 2.21. The molecule has 21 heavy (non-hydrogen) atoms. The van der Waals surface area contributed by atoms with E-state index in [0.717, 1.165) is 11.1 Å². The molecule has 1 heterocycles. The molecule has 3 rings (SSSR count). The van der Waals surface area contributed by atoms with Crippen molar-refractivity contribution in [3.05, 3.63) is 70.9 Å². The van der Waals surface area contributed by atoms with E-state index in [4.69, 9.17) is 11.6 Å². The molecular formula is C17H13ClN2O. The Balaban J connectivity index is 2.03. The zero-order valence-electron chi connectivity index (χ0n) is 11.4. The summed E-state index contributed by atoms with van der Waals surface area (Å²) in [5.41, 5.74) is 2.78. The molecule has 0 aliphatic rings. The molecule has 0 fully saturated rings. The first-order valence-electron chi connectivity index (χ1n) is 6.57. The van der Waals surface area contributed by atoms with E-state index < -0.39 is 0 Å². The lowest BCUT2D eigenvalue weighted by Gasteiger charge is -2.10. The zero-order chi connectivity index (χ0) is 14.8. The van der Waals surface area contributed by atoms with Crippen LogP contribution in [-0.2, 0) is 0 Å². The smallest absolute Gasteiger partial charge is 0.255 e. The highest BCUT2D eigenvalue weighted by molar-refractivity contribution is 6.35. The number of pyridine rings is 1. The van der Waals surface area contributed by atoms with E-state index in [0.29, 0.717) is 21.8 Å². The van der Waals surface area contributed by atoms with Crippen molar-refractivity contribution < 1.29 is 4.79 Å². The quantitative estimate of drug-likeness (QED) is 0.759. The number of aryl methyl sites for hydroxylation is 1. The van der Waals surface area contributed by atoms with Crippen LogP contribution in [0, 0.1) is 6.92 Å². The minimum absolute atomic E-state index is 0.164. The average molecular weight is 297 g/mol. The van der Waals surface area contributed by atoms with Crippen LogP contribution < -0.4 is 5.32 Å². The lowest BCUT2D eigenvalue weighted by atomic mass is 10.1. The number of rotatable bonds is 2. The van der Waals surface area contributed by atoms with Crippen LogP contribution in [0.25, 0.3) is 10.9 Å². The molecule has 2 aromatic carbocycles. The summed E-state index contributed by atoms with van der Waals surface area (Å²) < 4.78 is 0. The first kappa shape index (κ1) is 13.6. The third kappa shape index (κ3) is 2.73. The van der Waals surface area contributed by atoms with Crippen molar-refractivity contribution in [2.75, 3.05) is 5.32 Å². The zero-order valence-corrected chi connectivity index (χ0v) is 12.2. The van der Waals surface area contributed by atoms with Gasteiger partial charge in [0.25, 0.3) is 5.91 Å². The molecule has 1 aromatic heterocycles. The van der Waals surface area contributed by atoms with Gasteiger partial charge in [0.2, 0.25) is 0 Å². The molecule has 4 heteroatoms. The van der Waals surface area contributed by atoms with E-state index in [1.807, 2.05) is 49.4 Å². The minimum atomic E-state index is -0.164. The van der Waals surface area contributed by atoms with Gasteiger partial charge in [0.15, 0.2) is 0 Å². The number of para-hydroxylation sites is 1. The van der Waals surface area contributed by atoms with Gasteiger partial charge in [0, 0.05) is 16.6 Å². The summed E-state index contributed by atoms with van der Waals surface area (Å²) in [6, 6.07) is 16.5. The maximum Gasteiger partial charge on any atom is 0.255 e. The normalized spacial score (nSPS) is 10.6. The minimum Gasteiger partial charge on any atom is -0.320 e. The number of carbonyl (C=O) groups is 1. The summed E-state index contributed by atoms with van der Waals surface area (Å²) >= 11 is 6.24. The number of fused-ring (bicyclic) bond motifs is 1. The average Bonchev–Trinajstić information content (AvgIpc) is 2.49. The molecule has 0 saturated carbocycles. The second-order valence-corrected chi connectivity index (χ2v) is 5.17. The van der Waals surface area contributed by atoms with Crippen LogP contribution in [0.3, 0.4) is 0 Å². The van der Waals surface area contributed by atoms with Gasteiger partial charge in [0.05, 0.1) is 16.2 Å². The summed E-state index contributed by atoms with van der Waals surface area (Å²) in [6.45, 7) is 1.88. The number of hydrogen-bond donors (Lipinski definition) is 1. The van der Waals surface area contributed by atoms with Crippen molar-refractivity contribution in [2.24, 2.45) is 0 Å². The number of aromatic nitrogens is 1. The number of amides is 1. The van der Waals surface area contributed by atoms with Crippen LogP contribution in [0.2, 0.25) is 5.02 Å². The molecule has 0 aliphatic carbocycles. The number of hydrogen-bond acceptors (Lipinski definition) is 2. The van der Waals surface area contributed by atoms with E-state index in [2.05, 4.69) is 10.3 Å². The van der Waals surface area contributed by atoms with Gasteiger partial charge in [-0.1, -0.05) is 41.9 Å². The summed E-state index contributed by atoms with van der Waals surface area (Å²) in [6.07, 6.45) is 0. The lowest BCUT2D eigenvalue weighted by Crippen LogP contribution is -2.12. The highest BCUT2D eigenvalue weighted by Gasteiger charge is 2.10. The van der Waals surface area contributed by atoms with Gasteiger partial charge in [-0.2, -0.15) is 0 Å². The molecule has 104 valence electrons. The lowest BCUT2D eigenvalue weighted by molar-refractivity contribution is 0.102. The van der Waals surface area contributed by atoms with Crippen molar-refractivity contribution in [1.82, 2.24) is 4.98 Å². The molecule has 0 saturated heterocycles. The Hall–Kier alpha value is -2.39. The van der Waals surface area contributed by atoms with Gasteiger partial charge in [-0.05, 0) is 31.2 Å². The number of benzene rings is 2. The highest BCUT2D eigenvalue weighted by Crippen LogP contribution is 2.28. The molecule has 0 unspecified atom stereocenters. The Bertz CT molecular complexity index is 816. The predicted octanol–water partition coefficient (Wildman–Crippen LogP) is 4.45. The Labute approximate surface area is 127 Å². The number of anilines is 1. The van der Waals surface area contributed by atoms with Crippen LogP contribution in [-0.4, -0.2) is 10.9 Å². The summed E-state index contributed by atoms with van der Waals surface area (Å²) in [5, 5.41) is 4.36. The van der Waals surface area contributed by atoms with Gasteiger partial charge in [-0.25, -0.2) is 0 Å². The van der Waals surface area contributed by atoms with Gasteiger partial charge in [-0.3, -0.25) is 9.78 Å². The van der Waals surface area contributed by atoms with E-state index in [9.17, 15) is 4.79 Å². The highest BCUT2D eigenvalue weighted by atomic mass is 35.5. The third-order valence-corrected chi connectivity index (χ3v) is 3.51. The SMILES string of the molecule is Cc1cc(Cl)c2cccc(NC(=O)c3ccccc3)c2n1. The molecule has 0 atom stereocenters. The Morgan fingerprint density at radius 1 is 1.10 bits per heavy atom. The van der Waals surface area contributed by atoms with Crippen LogP contribution in [0.5, 0.6) is 0 Å². The third-order valence-electron chi connectivity index (χ3n) is 3.20. The van der Waals surface area contributed by atoms with E-state index in [1.165, 1.54) is 0 Å². The summed E-state index contributed by atoms with van der Waals surface area (Å²) in [5.74, 6) is -0.164. The molecule has 0 radical (unpaired) electrons. The number of nitrogens with zero attached hydrogens (tertiary/aromatic N) is 1. The standard InChI is InChI=1S/C17H13ClN2O/c1-11-10-14(18)13-8-5-9-15(16(13)19-11)20-17(21)12-6-3-2-4-7-12/h2-10H,1H3,(H,20,21). The van der Waals surface area contributed by atoms with Crippen LogP contribution in [0.1, 0.15) is 16.1 Å². The first-order chi connectivity index (χ1) is 10.1. The molecular weight excluding hydrogens is 284 g/mol. The summed E-state index contributed by atoms with van der Waals surface area (Å²) in [4.78, 5) is 16.7. The first-order valence-corrected chi connectivity index (χ1v) is 6.95. The number of halogens is 1. The van der Waals surface area contributed by atoms with Gasteiger partial charge in [-0.15, -0.1) is 0 Å². The van der Waals surface area contributed by atoms with E-state index in [-0.39, 0.29) is 5.91 Å². The van der Waals surface area contributed by atoms with E-state index in [1.54, 1.807) is 12.1 Å². The molecule has 3 aromatic rings. The molecule has 3 nitrogen and oxygen atoms in total. The fourth-order valence-corrected chi connectivity index (χ4v) is 2.52. The number of carbonyl (C=O) groups excluding carboxylic acids is 1. The fraction of sp³-hybridized carbons (Fsp3) is 0.0588. The van der Waals surface area contributed by atoms with Crippen molar-refractivity contribution >= 4 is 34.1 Å². The predicted molar refractivity (Wildman–Crippen MR) is 85.9 cm³/mol. The molecule has 0 spiro atoms. The second-order valence-electron chi connectivity index (χ2n) is 4.77. The molecule has 0 bridgehead atoms. The second kappa shape index (κ2) is 5.54.